The van der Waals surface area contributed by atoms with E-state index in [2.05, 4.69) is 10.6 Å². The second-order valence-corrected chi connectivity index (χ2v) is 2.99. The Kier molecular flexibility index (Phi) is 3.59. The minimum atomic E-state index is -0.313. The van der Waals surface area contributed by atoms with Crippen molar-refractivity contribution in [3.8, 4) is 0 Å². The second kappa shape index (κ2) is 4.72. The summed E-state index contributed by atoms with van der Waals surface area (Å²) >= 11 is 0. The number of nitrogens with one attached hydrogen (secondary N) is 2. The smallest absolute Gasteiger partial charge is 0.238 e. The largest absolute Gasteiger partial charge is 0.325 e. The number of benzene rings is 1. The molecule has 1 aromatic carbocycles. The third kappa shape index (κ3) is 2.53. The Morgan fingerprint density at radius 3 is 2.86 bits per heavy atom. The molecule has 0 radical (unpaired) electrons. The molecule has 0 aliphatic rings. The number of rotatable bonds is 3. The number of amides is 1. The molecule has 0 saturated heterocycles. The summed E-state index contributed by atoms with van der Waals surface area (Å²) in [5.41, 5.74) is 0.974. The monoisotopic (exact) mass is 196 g/mol. The van der Waals surface area contributed by atoms with E-state index in [1.165, 1.54) is 6.07 Å². The maximum Gasteiger partial charge on any atom is 0.238 e. The minimum Gasteiger partial charge on any atom is -0.325 e. The highest BCUT2D eigenvalue weighted by Crippen LogP contribution is 2.16. The molecule has 0 aromatic heterocycles. The molecule has 0 saturated carbocycles. The lowest BCUT2D eigenvalue weighted by atomic mass is 10.2. The molecule has 0 aliphatic carbocycles. The summed E-state index contributed by atoms with van der Waals surface area (Å²) in [5.74, 6) is -0.492. The van der Waals surface area contributed by atoms with Crippen molar-refractivity contribution in [3.05, 3.63) is 29.6 Å². The first-order chi connectivity index (χ1) is 6.65. The Morgan fingerprint density at radius 2 is 2.21 bits per heavy atom. The van der Waals surface area contributed by atoms with E-state index < -0.39 is 0 Å². The van der Waals surface area contributed by atoms with Gasteiger partial charge in [-0.25, -0.2) is 4.39 Å². The lowest BCUT2D eigenvalue weighted by Crippen LogP contribution is -2.25. The maximum atomic E-state index is 13.0. The standard InChI is InChI=1S/C10H13FN2O/c1-7-8(11)4-3-5-9(7)13-10(14)6-12-2/h3-5,12H,6H2,1-2H3,(H,13,14). The average molecular weight is 196 g/mol. The highest BCUT2D eigenvalue weighted by molar-refractivity contribution is 5.92. The molecule has 0 spiro atoms. The molecule has 3 nitrogen and oxygen atoms in total. The van der Waals surface area contributed by atoms with Crippen LogP contribution in [0.2, 0.25) is 0 Å². The van der Waals surface area contributed by atoms with Crippen LogP contribution in [-0.2, 0) is 4.79 Å². The van der Waals surface area contributed by atoms with Crippen LogP contribution >= 0.6 is 0 Å². The quantitative estimate of drug-likeness (QED) is 0.764. The van der Waals surface area contributed by atoms with Gasteiger partial charge in [-0.3, -0.25) is 4.79 Å². The van der Waals surface area contributed by atoms with E-state index in [4.69, 9.17) is 0 Å². The normalized spacial score (nSPS) is 9.93. The molecule has 0 unspecified atom stereocenters. The van der Waals surface area contributed by atoms with E-state index in [0.717, 1.165) is 0 Å². The molecular weight excluding hydrogens is 183 g/mol. The number of hydrogen-bond donors (Lipinski definition) is 2. The van der Waals surface area contributed by atoms with Crippen molar-refractivity contribution < 1.29 is 9.18 Å². The topological polar surface area (TPSA) is 41.1 Å². The Labute approximate surface area is 82.3 Å². The van der Waals surface area contributed by atoms with Gasteiger partial charge in [0.15, 0.2) is 0 Å². The van der Waals surface area contributed by atoms with Crippen LogP contribution in [0.15, 0.2) is 18.2 Å². The number of hydrogen-bond acceptors (Lipinski definition) is 2. The summed E-state index contributed by atoms with van der Waals surface area (Å²) in [6.07, 6.45) is 0. The fourth-order valence-electron chi connectivity index (χ4n) is 1.10. The van der Waals surface area contributed by atoms with Crippen molar-refractivity contribution in [2.24, 2.45) is 0 Å². The lowest BCUT2D eigenvalue weighted by molar-refractivity contribution is -0.115. The molecule has 0 aliphatic heterocycles. The van der Waals surface area contributed by atoms with Gasteiger partial charge in [0.2, 0.25) is 5.91 Å². The highest BCUT2D eigenvalue weighted by Gasteiger charge is 2.05. The SMILES string of the molecule is CNCC(=O)Nc1cccc(F)c1C. The van der Waals surface area contributed by atoms with Gasteiger partial charge >= 0.3 is 0 Å². The van der Waals surface area contributed by atoms with Gasteiger partial charge in [0.05, 0.1) is 6.54 Å². The van der Waals surface area contributed by atoms with Gasteiger partial charge in [-0.1, -0.05) is 6.07 Å². The molecule has 1 rings (SSSR count). The fourth-order valence-corrected chi connectivity index (χ4v) is 1.10. The first-order valence-electron chi connectivity index (χ1n) is 4.34. The third-order valence-corrected chi connectivity index (χ3v) is 1.88. The summed E-state index contributed by atoms with van der Waals surface area (Å²) in [6.45, 7) is 1.85. The zero-order chi connectivity index (χ0) is 10.6. The van der Waals surface area contributed by atoms with E-state index in [9.17, 15) is 9.18 Å². The first-order valence-corrected chi connectivity index (χ1v) is 4.34. The number of halogens is 1. The second-order valence-electron chi connectivity index (χ2n) is 2.99. The summed E-state index contributed by atoms with van der Waals surface area (Å²) in [4.78, 5) is 11.2. The van der Waals surface area contributed by atoms with E-state index in [0.29, 0.717) is 11.3 Å². The zero-order valence-corrected chi connectivity index (χ0v) is 8.23. The zero-order valence-electron chi connectivity index (χ0n) is 8.23. The molecule has 1 aromatic rings. The summed E-state index contributed by atoms with van der Waals surface area (Å²) < 4.78 is 13.0. The Hall–Kier alpha value is -1.42. The van der Waals surface area contributed by atoms with E-state index in [1.54, 1.807) is 26.1 Å². The number of carbonyl (C=O) groups excluding carboxylic acids is 1. The Bertz CT molecular complexity index is 339. The lowest BCUT2D eigenvalue weighted by Gasteiger charge is -2.08. The molecular formula is C10H13FN2O. The average Bonchev–Trinajstić information content (AvgIpc) is 2.13. The van der Waals surface area contributed by atoms with Crippen LogP contribution in [0.25, 0.3) is 0 Å². The van der Waals surface area contributed by atoms with Crippen molar-refractivity contribution in [2.75, 3.05) is 18.9 Å². The van der Waals surface area contributed by atoms with Crippen LogP contribution in [0, 0.1) is 12.7 Å². The van der Waals surface area contributed by atoms with E-state index in [1.807, 2.05) is 0 Å². The van der Waals surface area contributed by atoms with Gasteiger partial charge in [-0.15, -0.1) is 0 Å². The fraction of sp³-hybridized carbons (Fsp3) is 0.300. The van der Waals surface area contributed by atoms with Crippen molar-refractivity contribution in [1.29, 1.82) is 0 Å². The number of anilines is 1. The van der Waals surface area contributed by atoms with Crippen LogP contribution < -0.4 is 10.6 Å². The molecule has 0 atom stereocenters. The third-order valence-electron chi connectivity index (χ3n) is 1.88. The molecule has 0 bridgehead atoms. The van der Waals surface area contributed by atoms with Gasteiger partial charge in [-0.05, 0) is 26.1 Å². The maximum absolute atomic E-state index is 13.0. The Morgan fingerprint density at radius 1 is 1.50 bits per heavy atom. The van der Waals surface area contributed by atoms with Crippen LogP contribution in [0.1, 0.15) is 5.56 Å². The number of carbonyl (C=O) groups is 1. The highest BCUT2D eigenvalue weighted by atomic mass is 19.1. The summed E-state index contributed by atoms with van der Waals surface area (Å²) in [6, 6.07) is 4.60. The van der Waals surface area contributed by atoms with Gasteiger partial charge in [-0.2, -0.15) is 0 Å². The van der Waals surface area contributed by atoms with Crippen molar-refractivity contribution in [2.45, 2.75) is 6.92 Å². The summed E-state index contributed by atoms with van der Waals surface area (Å²) in [5, 5.41) is 5.33. The molecule has 2 N–H and O–H groups in total. The van der Waals surface area contributed by atoms with Gasteiger partial charge < -0.3 is 10.6 Å². The van der Waals surface area contributed by atoms with Gasteiger partial charge in [0.25, 0.3) is 0 Å². The predicted octanol–water partition coefficient (Wildman–Crippen LogP) is 1.29. The van der Waals surface area contributed by atoms with Crippen molar-refractivity contribution in [3.63, 3.8) is 0 Å². The molecule has 1 amide bonds. The van der Waals surface area contributed by atoms with Crippen molar-refractivity contribution in [1.82, 2.24) is 5.32 Å². The molecule has 76 valence electrons. The molecule has 0 heterocycles. The molecule has 14 heavy (non-hydrogen) atoms. The van der Waals surface area contributed by atoms with Gasteiger partial charge in [0, 0.05) is 11.3 Å². The minimum absolute atomic E-state index is 0.179. The summed E-state index contributed by atoms with van der Waals surface area (Å²) in [7, 11) is 1.68. The van der Waals surface area contributed by atoms with Gasteiger partial charge in [0.1, 0.15) is 5.82 Å². The van der Waals surface area contributed by atoms with Crippen molar-refractivity contribution >= 4 is 11.6 Å². The van der Waals surface area contributed by atoms with E-state index >= 15 is 0 Å². The van der Waals surface area contributed by atoms with Crippen LogP contribution in [-0.4, -0.2) is 19.5 Å². The first kappa shape index (κ1) is 10.7. The van der Waals surface area contributed by atoms with Crippen LogP contribution in [0.3, 0.4) is 0 Å². The number of likely N-dealkylation sites (N-methyl/N-ethyl adjacent to an activating group) is 1. The van der Waals surface area contributed by atoms with Crippen LogP contribution in [0.4, 0.5) is 10.1 Å². The molecule has 0 fully saturated rings. The predicted molar refractivity (Wildman–Crippen MR) is 53.7 cm³/mol. The Balaban J connectivity index is 2.76. The molecule has 4 heteroatoms. The van der Waals surface area contributed by atoms with Crippen LogP contribution in [0.5, 0.6) is 0 Å². The van der Waals surface area contributed by atoms with E-state index in [-0.39, 0.29) is 18.3 Å².